The molecule has 0 fully saturated rings. The van der Waals surface area contributed by atoms with Gasteiger partial charge in [0.2, 0.25) is 0 Å². The largest absolute Gasteiger partial charge is 0.253 e. The standard InChI is InChI=1S/C17H15N.C2H6/c1-2-14-12-16(13-8-4-3-5-9-13)15-10-6-7-11-17(15)18-14;1-2/h3-12H,2H2,1H3;1-2H3. The van der Waals surface area contributed by atoms with E-state index in [1.54, 1.807) is 0 Å². The third-order valence-corrected chi connectivity index (χ3v) is 3.22. The van der Waals surface area contributed by atoms with Gasteiger partial charge in [0.1, 0.15) is 0 Å². The first kappa shape index (κ1) is 14.3. The number of fused-ring (bicyclic) bond motifs is 1. The van der Waals surface area contributed by atoms with Crippen molar-refractivity contribution in [2.24, 2.45) is 0 Å². The Morgan fingerprint density at radius 1 is 0.850 bits per heavy atom. The van der Waals surface area contributed by atoms with Gasteiger partial charge in [-0.05, 0) is 29.7 Å². The molecule has 1 heteroatoms. The van der Waals surface area contributed by atoms with Gasteiger partial charge in [0, 0.05) is 11.1 Å². The molecular formula is C19H21N. The first-order chi connectivity index (χ1) is 9.88. The summed E-state index contributed by atoms with van der Waals surface area (Å²) in [6, 6.07) is 21.1. The van der Waals surface area contributed by atoms with Gasteiger partial charge in [-0.2, -0.15) is 0 Å². The summed E-state index contributed by atoms with van der Waals surface area (Å²) < 4.78 is 0. The van der Waals surface area contributed by atoms with Crippen LogP contribution in [0.1, 0.15) is 26.5 Å². The normalized spacial score (nSPS) is 9.95. The first-order valence-electron chi connectivity index (χ1n) is 7.32. The quantitative estimate of drug-likeness (QED) is 0.595. The number of nitrogens with zero attached hydrogens (tertiary/aromatic N) is 1. The van der Waals surface area contributed by atoms with Crippen LogP contribution in [0.15, 0.2) is 60.7 Å². The highest BCUT2D eigenvalue weighted by Gasteiger charge is 2.06. The van der Waals surface area contributed by atoms with E-state index in [1.165, 1.54) is 16.5 Å². The molecule has 0 atom stereocenters. The fourth-order valence-electron chi connectivity index (χ4n) is 2.27. The molecule has 3 aromatic rings. The van der Waals surface area contributed by atoms with E-state index in [1.807, 2.05) is 26.0 Å². The summed E-state index contributed by atoms with van der Waals surface area (Å²) in [5.74, 6) is 0. The minimum atomic E-state index is 0.963. The Hall–Kier alpha value is -2.15. The van der Waals surface area contributed by atoms with Crippen molar-refractivity contribution in [2.75, 3.05) is 0 Å². The molecule has 0 spiro atoms. The Bertz CT molecular complexity index is 672. The van der Waals surface area contributed by atoms with Crippen LogP contribution in [0.3, 0.4) is 0 Å². The molecule has 102 valence electrons. The average molecular weight is 263 g/mol. The topological polar surface area (TPSA) is 12.9 Å². The van der Waals surface area contributed by atoms with Gasteiger partial charge in [-0.15, -0.1) is 0 Å². The summed E-state index contributed by atoms with van der Waals surface area (Å²) in [6.07, 6.45) is 0.963. The maximum Gasteiger partial charge on any atom is 0.0711 e. The molecule has 0 unspecified atom stereocenters. The maximum absolute atomic E-state index is 4.68. The second kappa shape index (κ2) is 6.85. The zero-order valence-electron chi connectivity index (χ0n) is 12.4. The van der Waals surface area contributed by atoms with Crippen LogP contribution in [0.4, 0.5) is 0 Å². The van der Waals surface area contributed by atoms with E-state index >= 15 is 0 Å². The smallest absolute Gasteiger partial charge is 0.0711 e. The molecule has 0 aliphatic rings. The summed E-state index contributed by atoms with van der Waals surface area (Å²) in [4.78, 5) is 4.68. The second-order valence-electron chi connectivity index (χ2n) is 4.40. The van der Waals surface area contributed by atoms with E-state index < -0.39 is 0 Å². The van der Waals surface area contributed by atoms with Crippen molar-refractivity contribution >= 4 is 10.9 Å². The Morgan fingerprint density at radius 2 is 1.50 bits per heavy atom. The number of pyridine rings is 1. The van der Waals surface area contributed by atoms with E-state index in [0.717, 1.165) is 17.6 Å². The molecule has 0 aliphatic carbocycles. The molecule has 3 rings (SSSR count). The summed E-state index contributed by atoms with van der Waals surface area (Å²) >= 11 is 0. The first-order valence-corrected chi connectivity index (χ1v) is 7.32. The van der Waals surface area contributed by atoms with Crippen LogP contribution in [-0.2, 0) is 6.42 Å². The van der Waals surface area contributed by atoms with E-state index in [9.17, 15) is 0 Å². The third-order valence-electron chi connectivity index (χ3n) is 3.22. The SMILES string of the molecule is CC.CCc1cc(-c2ccccc2)c2ccccc2n1. The van der Waals surface area contributed by atoms with Crippen molar-refractivity contribution in [1.82, 2.24) is 4.98 Å². The summed E-state index contributed by atoms with van der Waals surface area (Å²) in [7, 11) is 0. The molecule has 20 heavy (non-hydrogen) atoms. The van der Waals surface area contributed by atoms with Gasteiger partial charge in [0.25, 0.3) is 0 Å². The lowest BCUT2D eigenvalue weighted by molar-refractivity contribution is 1.06. The Balaban J connectivity index is 0.000000704. The highest BCUT2D eigenvalue weighted by atomic mass is 14.7. The second-order valence-corrected chi connectivity index (χ2v) is 4.40. The molecule has 0 saturated carbocycles. The Morgan fingerprint density at radius 3 is 2.20 bits per heavy atom. The molecule has 0 N–H and O–H groups in total. The van der Waals surface area contributed by atoms with Gasteiger partial charge < -0.3 is 0 Å². The zero-order chi connectivity index (χ0) is 14.4. The van der Waals surface area contributed by atoms with Crippen LogP contribution in [-0.4, -0.2) is 4.98 Å². The van der Waals surface area contributed by atoms with Gasteiger partial charge in [0.15, 0.2) is 0 Å². The average Bonchev–Trinajstić information content (AvgIpc) is 2.56. The van der Waals surface area contributed by atoms with Crippen molar-refractivity contribution in [3.63, 3.8) is 0 Å². The Kier molecular flexibility index (Phi) is 4.89. The monoisotopic (exact) mass is 263 g/mol. The van der Waals surface area contributed by atoms with Crippen LogP contribution >= 0.6 is 0 Å². The molecular weight excluding hydrogens is 242 g/mol. The lowest BCUT2D eigenvalue weighted by atomic mass is 10.00. The zero-order valence-corrected chi connectivity index (χ0v) is 12.4. The summed E-state index contributed by atoms with van der Waals surface area (Å²) in [5, 5.41) is 1.22. The van der Waals surface area contributed by atoms with Crippen LogP contribution in [0, 0.1) is 0 Å². The third kappa shape index (κ3) is 2.88. The van der Waals surface area contributed by atoms with Crippen molar-refractivity contribution in [2.45, 2.75) is 27.2 Å². The Labute approximate surface area is 121 Å². The predicted octanol–water partition coefficient (Wildman–Crippen LogP) is 5.49. The number of benzene rings is 2. The number of rotatable bonds is 2. The lowest BCUT2D eigenvalue weighted by Crippen LogP contribution is -1.91. The van der Waals surface area contributed by atoms with Gasteiger partial charge >= 0.3 is 0 Å². The van der Waals surface area contributed by atoms with E-state index in [0.29, 0.717) is 0 Å². The molecule has 1 nitrogen and oxygen atoms in total. The number of para-hydroxylation sites is 1. The molecule has 1 aromatic heterocycles. The molecule has 0 aliphatic heterocycles. The van der Waals surface area contributed by atoms with Crippen molar-refractivity contribution in [3.8, 4) is 11.1 Å². The molecule has 1 heterocycles. The van der Waals surface area contributed by atoms with Crippen LogP contribution < -0.4 is 0 Å². The van der Waals surface area contributed by atoms with E-state index in [4.69, 9.17) is 0 Å². The molecule has 2 aromatic carbocycles. The molecule has 0 saturated heterocycles. The maximum atomic E-state index is 4.68. The fraction of sp³-hybridized carbons (Fsp3) is 0.211. The summed E-state index contributed by atoms with van der Waals surface area (Å²) in [5.41, 5.74) is 4.76. The summed E-state index contributed by atoms with van der Waals surface area (Å²) in [6.45, 7) is 6.14. The predicted molar refractivity (Wildman–Crippen MR) is 87.9 cm³/mol. The van der Waals surface area contributed by atoms with Crippen molar-refractivity contribution < 1.29 is 0 Å². The van der Waals surface area contributed by atoms with Crippen LogP contribution in [0.5, 0.6) is 0 Å². The fourth-order valence-corrected chi connectivity index (χ4v) is 2.27. The molecule has 0 radical (unpaired) electrons. The number of aromatic nitrogens is 1. The van der Waals surface area contributed by atoms with Crippen LogP contribution in [0.2, 0.25) is 0 Å². The molecule has 0 amide bonds. The van der Waals surface area contributed by atoms with Crippen LogP contribution in [0.25, 0.3) is 22.0 Å². The van der Waals surface area contributed by atoms with E-state index in [2.05, 4.69) is 60.4 Å². The number of aryl methyl sites for hydroxylation is 1. The number of hydrogen-bond acceptors (Lipinski definition) is 1. The minimum absolute atomic E-state index is 0.963. The van der Waals surface area contributed by atoms with Gasteiger partial charge in [0.05, 0.1) is 5.52 Å². The minimum Gasteiger partial charge on any atom is -0.253 e. The van der Waals surface area contributed by atoms with Gasteiger partial charge in [-0.1, -0.05) is 69.3 Å². The lowest BCUT2D eigenvalue weighted by Gasteiger charge is -2.08. The number of hydrogen-bond donors (Lipinski definition) is 0. The van der Waals surface area contributed by atoms with E-state index in [-0.39, 0.29) is 0 Å². The highest BCUT2D eigenvalue weighted by molar-refractivity contribution is 5.94. The van der Waals surface area contributed by atoms with Gasteiger partial charge in [-0.25, -0.2) is 0 Å². The van der Waals surface area contributed by atoms with Crippen molar-refractivity contribution in [3.05, 3.63) is 66.4 Å². The highest BCUT2D eigenvalue weighted by Crippen LogP contribution is 2.28. The molecule has 0 bridgehead atoms. The van der Waals surface area contributed by atoms with Gasteiger partial charge in [-0.3, -0.25) is 4.98 Å². The van der Waals surface area contributed by atoms with Crippen molar-refractivity contribution in [1.29, 1.82) is 0 Å².